The van der Waals surface area contributed by atoms with Crippen molar-refractivity contribution in [3.63, 3.8) is 0 Å². The zero-order valence-corrected chi connectivity index (χ0v) is 15.1. The Morgan fingerprint density at radius 3 is 2.58 bits per heavy atom. The van der Waals surface area contributed by atoms with Gasteiger partial charge >= 0.3 is 6.03 Å². The molecule has 3 amide bonds. The summed E-state index contributed by atoms with van der Waals surface area (Å²) in [7, 11) is 1.56. The van der Waals surface area contributed by atoms with Gasteiger partial charge in [0.15, 0.2) is 5.11 Å². The fourth-order valence-electron chi connectivity index (χ4n) is 2.67. The molecule has 8 heteroatoms. The maximum Gasteiger partial charge on any atom is 0.344 e. The molecule has 1 aliphatic rings. The van der Waals surface area contributed by atoms with Gasteiger partial charge in [-0.1, -0.05) is 36.4 Å². The number of benzene rings is 2. The summed E-state index contributed by atoms with van der Waals surface area (Å²) in [6.45, 7) is 1.66. The largest absolute Gasteiger partial charge is 0.497 e. The van der Waals surface area contributed by atoms with Gasteiger partial charge in [0.05, 0.1) is 7.11 Å². The van der Waals surface area contributed by atoms with Crippen LogP contribution in [0.2, 0.25) is 0 Å². The first-order valence-electron chi connectivity index (χ1n) is 7.88. The van der Waals surface area contributed by atoms with Crippen molar-refractivity contribution in [3.05, 3.63) is 60.2 Å². The molecule has 1 heterocycles. The SMILES string of the molecule is COc1cccc(NC(=S)NN2C(=O)N[C@@](C)(c3ccccc3)C2=O)c1. The van der Waals surface area contributed by atoms with Crippen LogP contribution in [0.3, 0.4) is 0 Å². The molecule has 0 aliphatic carbocycles. The van der Waals surface area contributed by atoms with Crippen molar-refractivity contribution in [2.24, 2.45) is 0 Å². The molecule has 0 radical (unpaired) electrons. The first-order chi connectivity index (χ1) is 12.4. The molecule has 3 rings (SSSR count). The predicted molar refractivity (Wildman–Crippen MR) is 102 cm³/mol. The summed E-state index contributed by atoms with van der Waals surface area (Å²) < 4.78 is 5.15. The van der Waals surface area contributed by atoms with E-state index in [1.165, 1.54) is 0 Å². The number of imide groups is 1. The molecule has 1 fully saturated rings. The van der Waals surface area contributed by atoms with Crippen LogP contribution in [0.15, 0.2) is 54.6 Å². The third-order valence-corrected chi connectivity index (χ3v) is 4.28. The van der Waals surface area contributed by atoms with Crippen LogP contribution in [0.4, 0.5) is 10.5 Å². The van der Waals surface area contributed by atoms with Crippen molar-refractivity contribution < 1.29 is 14.3 Å². The van der Waals surface area contributed by atoms with Gasteiger partial charge in [-0.25, -0.2) is 4.79 Å². The van der Waals surface area contributed by atoms with E-state index in [-0.39, 0.29) is 5.11 Å². The molecule has 0 aromatic heterocycles. The van der Waals surface area contributed by atoms with Gasteiger partial charge < -0.3 is 15.4 Å². The zero-order chi connectivity index (χ0) is 18.7. The molecular formula is C18H18N4O3S. The normalized spacial score (nSPS) is 19.1. The molecule has 7 nitrogen and oxygen atoms in total. The number of anilines is 1. The summed E-state index contributed by atoms with van der Waals surface area (Å²) in [6.07, 6.45) is 0. The number of ether oxygens (including phenoxy) is 1. The number of hydrazine groups is 1. The van der Waals surface area contributed by atoms with Crippen molar-refractivity contribution in [3.8, 4) is 5.75 Å². The Bertz CT molecular complexity index is 859. The highest BCUT2D eigenvalue weighted by molar-refractivity contribution is 7.80. The van der Waals surface area contributed by atoms with Gasteiger partial charge in [0.1, 0.15) is 11.3 Å². The highest BCUT2D eigenvalue weighted by Gasteiger charge is 2.49. The van der Waals surface area contributed by atoms with Crippen molar-refractivity contribution in [1.82, 2.24) is 15.8 Å². The third kappa shape index (κ3) is 3.31. The van der Waals surface area contributed by atoms with E-state index in [1.54, 1.807) is 50.4 Å². The van der Waals surface area contributed by atoms with E-state index in [9.17, 15) is 9.59 Å². The van der Waals surface area contributed by atoms with Crippen LogP contribution in [0, 0.1) is 0 Å². The van der Waals surface area contributed by atoms with Crippen LogP contribution in [-0.4, -0.2) is 29.2 Å². The molecule has 26 heavy (non-hydrogen) atoms. The number of amides is 3. The molecule has 134 valence electrons. The van der Waals surface area contributed by atoms with Crippen LogP contribution in [0.1, 0.15) is 12.5 Å². The average Bonchev–Trinajstić information content (AvgIpc) is 2.87. The number of rotatable bonds is 4. The topological polar surface area (TPSA) is 82.7 Å². The van der Waals surface area contributed by atoms with Gasteiger partial charge in [0, 0.05) is 11.8 Å². The summed E-state index contributed by atoms with van der Waals surface area (Å²) in [6, 6.07) is 15.6. The van der Waals surface area contributed by atoms with E-state index in [0.717, 1.165) is 5.01 Å². The second kappa shape index (κ2) is 7.01. The molecule has 1 aliphatic heterocycles. The third-order valence-electron chi connectivity index (χ3n) is 4.08. The lowest BCUT2D eigenvalue weighted by Crippen LogP contribution is -2.49. The van der Waals surface area contributed by atoms with Crippen molar-refractivity contribution in [2.75, 3.05) is 12.4 Å². The number of carbonyl (C=O) groups excluding carboxylic acids is 2. The van der Waals surface area contributed by atoms with Gasteiger partial charge in [-0.3, -0.25) is 10.2 Å². The number of hydrogen-bond donors (Lipinski definition) is 3. The quantitative estimate of drug-likeness (QED) is 0.566. The number of carbonyl (C=O) groups is 2. The summed E-state index contributed by atoms with van der Waals surface area (Å²) in [4.78, 5) is 25.1. The number of nitrogens with one attached hydrogen (secondary N) is 3. The number of nitrogens with zero attached hydrogens (tertiary/aromatic N) is 1. The Morgan fingerprint density at radius 2 is 1.88 bits per heavy atom. The minimum Gasteiger partial charge on any atom is -0.497 e. The van der Waals surface area contributed by atoms with Gasteiger partial charge in [0.2, 0.25) is 0 Å². The lowest BCUT2D eigenvalue weighted by molar-refractivity contribution is -0.132. The number of thiocarbonyl (C=S) groups is 1. The van der Waals surface area contributed by atoms with E-state index in [4.69, 9.17) is 17.0 Å². The monoisotopic (exact) mass is 370 g/mol. The molecule has 2 aromatic carbocycles. The highest BCUT2D eigenvalue weighted by atomic mass is 32.1. The fourth-order valence-corrected chi connectivity index (χ4v) is 2.88. The minimum atomic E-state index is -1.16. The molecular weight excluding hydrogens is 352 g/mol. The maximum atomic E-state index is 12.8. The Kier molecular flexibility index (Phi) is 4.77. The summed E-state index contributed by atoms with van der Waals surface area (Å²) >= 11 is 5.21. The molecule has 0 bridgehead atoms. The summed E-state index contributed by atoms with van der Waals surface area (Å²) in [5.41, 5.74) is 2.84. The number of hydrogen-bond acceptors (Lipinski definition) is 4. The maximum absolute atomic E-state index is 12.8. The van der Waals surface area contributed by atoms with Crippen molar-refractivity contribution >= 4 is 35.0 Å². The van der Waals surface area contributed by atoms with E-state index in [2.05, 4.69) is 16.1 Å². The van der Waals surface area contributed by atoms with Crippen LogP contribution in [0.5, 0.6) is 5.75 Å². The van der Waals surface area contributed by atoms with E-state index < -0.39 is 17.5 Å². The molecule has 2 aromatic rings. The Hall–Kier alpha value is -3.13. The lowest BCUT2D eigenvalue weighted by Gasteiger charge is -2.22. The molecule has 3 N–H and O–H groups in total. The summed E-state index contributed by atoms with van der Waals surface area (Å²) in [5.74, 6) is 0.216. The molecule has 0 unspecified atom stereocenters. The first-order valence-corrected chi connectivity index (χ1v) is 8.29. The average molecular weight is 370 g/mol. The highest BCUT2D eigenvalue weighted by Crippen LogP contribution is 2.27. The Morgan fingerprint density at radius 1 is 1.15 bits per heavy atom. The molecule has 1 atom stereocenters. The first kappa shape index (κ1) is 17.7. The molecule has 0 saturated carbocycles. The van der Waals surface area contributed by atoms with E-state index >= 15 is 0 Å². The Balaban J connectivity index is 1.72. The van der Waals surface area contributed by atoms with Crippen LogP contribution < -0.4 is 20.8 Å². The van der Waals surface area contributed by atoms with Crippen LogP contribution in [0.25, 0.3) is 0 Å². The van der Waals surface area contributed by atoms with Crippen LogP contribution in [-0.2, 0) is 10.3 Å². The van der Waals surface area contributed by atoms with E-state index in [1.807, 2.05) is 18.2 Å². The smallest absolute Gasteiger partial charge is 0.344 e. The van der Waals surface area contributed by atoms with Gasteiger partial charge in [-0.2, -0.15) is 5.01 Å². The van der Waals surface area contributed by atoms with Gasteiger partial charge in [0.25, 0.3) is 5.91 Å². The molecule has 0 spiro atoms. The van der Waals surface area contributed by atoms with Gasteiger partial charge in [-0.05, 0) is 36.8 Å². The van der Waals surface area contributed by atoms with Crippen molar-refractivity contribution in [1.29, 1.82) is 0 Å². The predicted octanol–water partition coefficient (Wildman–Crippen LogP) is 2.36. The number of urea groups is 1. The Labute approximate surface area is 156 Å². The second-order valence-electron chi connectivity index (χ2n) is 5.86. The zero-order valence-electron chi connectivity index (χ0n) is 14.3. The second-order valence-corrected chi connectivity index (χ2v) is 6.27. The lowest BCUT2D eigenvalue weighted by atomic mass is 9.92. The van der Waals surface area contributed by atoms with E-state index in [0.29, 0.717) is 17.0 Å². The van der Waals surface area contributed by atoms with Crippen molar-refractivity contribution in [2.45, 2.75) is 12.5 Å². The summed E-state index contributed by atoms with van der Waals surface area (Å²) in [5, 5.41) is 6.61. The molecule has 1 saturated heterocycles. The number of methoxy groups -OCH3 is 1. The van der Waals surface area contributed by atoms with Gasteiger partial charge in [-0.15, -0.1) is 0 Å². The fraction of sp³-hybridized carbons (Fsp3) is 0.167. The van der Waals surface area contributed by atoms with Crippen LogP contribution >= 0.6 is 12.2 Å². The standard InChI is InChI=1S/C18H18N4O3S/c1-18(12-7-4-3-5-8-12)15(23)22(17(24)20-18)21-16(26)19-13-9-6-10-14(11-13)25-2/h3-11H,1-2H3,(H,20,24)(H2,19,21,26)/t18-/m0/s1. The minimum absolute atomic E-state index is 0.110.